The topological polar surface area (TPSA) is 32.3 Å². The molecule has 1 aromatic carbocycles. The zero-order valence-electron chi connectivity index (χ0n) is 13.3. The number of nitrogens with one attached hydrogen (secondary N) is 1. The summed E-state index contributed by atoms with van der Waals surface area (Å²) < 4.78 is 1.18. The Hall–Kier alpha value is -0.870. The zero-order chi connectivity index (χ0) is 15.5. The minimum atomic E-state index is 0.330. The molecular weight excluding hydrogens is 340 g/mol. The average Bonchev–Trinajstić information content (AvgIpc) is 2.55. The molecule has 0 saturated carbocycles. The molecular formula is C18H25BrN2O. The minimum absolute atomic E-state index is 0.330. The number of carbonyl (C=O) groups is 1. The molecule has 120 valence electrons. The first-order valence-corrected chi connectivity index (χ1v) is 9.19. The highest BCUT2D eigenvalue weighted by atomic mass is 79.9. The molecule has 4 heteroatoms. The summed E-state index contributed by atoms with van der Waals surface area (Å²) in [5.74, 6) is 1.53. The molecule has 1 atom stereocenters. The Kier molecular flexibility index (Phi) is 5.19. The van der Waals surface area contributed by atoms with Gasteiger partial charge in [0.2, 0.25) is 5.91 Å². The van der Waals surface area contributed by atoms with Crippen LogP contribution in [0.3, 0.4) is 0 Å². The summed E-state index contributed by atoms with van der Waals surface area (Å²) in [6.07, 6.45) is 4.09. The van der Waals surface area contributed by atoms with E-state index < -0.39 is 0 Å². The predicted octanol–water partition coefficient (Wildman–Crippen LogP) is 3.36. The van der Waals surface area contributed by atoms with Crippen molar-refractivity contribution in [1.29, 1.82) is 0 Å². The normalized spacial score (nSPS) is 20.5. The Labute approximate surface area is 141 Å². The van der Waals surface area contributed by atoms with Crippen LogP contribution >= 0.6 is 15.9 Å². The van der Waals surface area contributed by atoms with Gasteiger partial charge in [-0.15, -0.1) is 0 Å². The molecule has 1 unspecified atom stereocenters. The quantitative estimate of drug-likeness (QED) is 0.891. The number of halogens is 1. The number of piperidine rings is 1. The number of rotatable bonds is 3. The molecule has 0 aromatic heterocycles. The van der Waals surface area contributed by atoms with Gasteiger partial charge in [-0.05, 0) is 61.4 Å². The van der Waals surface area contributed by atoms with Crippen LogP contribution in [0.4, 0.5) is 0 Å². The molecule has 1 aromatic rings. The fourth-order valence-corrected chi connectivity index (χ4v) is 4.37. The summed E-state index contributed by atoms with van der Waals surface area (Å²) in [5.41, 5.74) is 2.67. The van der Waals surface area contributed by atoms with E-state index in [9.17, 15) is 4.79 Å². The Morgan fingerprint density at radius 2 is 2.18 bits per heavy atom. The molecule has 0 radical (unpaired) electrons. The highest BCUT2D eigenvalue weighted by molar-refractivity contribution is 9.10. The number of benzene rings is 1. The van der Waals surface area contributed by atoms with E-state index in [0.717, 1.165) is 32.6 Å². The van der Waals surface area contributed by atoms with E-state index in [-0.39, 0.29) is 0 Å². The van der Waals surface area contributed by atoms with Crippen LogP contribution in [0, 0.1) is 11.8 Å². The first-order valence-electron chi connectivity index (χ1n) is 8.40. The Morgan fingerprint density at radius 3 is 2.95 bits per heavy atom. The van der Waals surface area contributed by atoms with Crippen molar-refractivity contribution in [2.75, 3.05) is 19.6 Å². The van der Waals surface area contributed by atoms with Crippen LogP contribution in [0.2, 0.25) is 0 Å². The van der Waals surface area contributed by atoms with E-state index in [2.05, 4.69) is 46.4 Å². The van der Waals surface area contributed by atoms with Crippen molar-refractivity contribution in [2.24, 2.45) is 11.8 Å². The lowest BCUT2D eigenvalue weighted by Crippen LogP contribution is -2.38. The van der Waals surface area contributed by atoms with Gasteiger partial charge < -0.3 is 10.2 Å². The number of carbonyl (C=O) groups excluding carboxylic acids is 1. The Morgan fingerprint density at radius 1 is 1.41 bits per heavy atom. The second-order valence-corrected chi connectivity index (χ2v) is 7.57. The summed E-state index contributed by atoms with van der Waals surface area (Å²) in [4.78, 5) is 14.7. The van der Waals surface area contributed by atoms with Crippen molar-refractivity contribution in [3.8, 4) is 0 Å². The highest BCUT2D eigenvalue weighted by Gasteiger charge is 2.26. The second kappa shape index (κ2) is 7.14. The van der Waals surface area contributed by atoms with E-state index >= 15 is 0 Å². The molecule has 2 heterocycles. The van der Waals surface area contributed by atoms with E-state index in [1.165, 1.54) is 28.4 Å². The molecule has 1 N–H and O–H groups in total. The lowest BCUT2D eigenvalue weighted by atomic mass is 9.83. The molecule has 3 nitrogen and oxygen atoms in total. The van der Waals surface area contributed by atoms with Gasteiger partial charge in [-0.2, -0.15) is 0 Å². The predicted molar refractivity (Wildman–Crippen MR) is 92.6 cm³/mol. The fourth-order valence-electron chi connectivity index (χ4n) is 3.76. The smallest absolute Gasteiger partial charge is 0.223 e. The van der Waals surface area contributed by atoms with Gasteiger partial charge in [0.05, 0.1) is 0 Å². The Balaban J connectivity index is 1.59. The van der Waals surface area contributed by atoms with Gasteiger partial charge in [0.1, 0.15) is 0 Å². The standard InChI is InChI=1S/C18H25BrN2O/c1-13(14-5-8-20-9-6-14)11-18(22)21-10-7-16-15(12-21)3-2-4-17(16)19/h2-4,13-14,20H,5-12H2,1H3. The first-order chi connectivity index (χ1) is 10.6. The molecule has 1 fully saturated rings. The van der Waals surface area contributed by atoms with Crippen molar-refractivity contribution in [2.45, 2.75) is 39.2 Å². The van der Waals surface area contributed by atoms with Crippen LogP contribution in [0.5, 0.6) is 0 Å². The van der Waals surface area contributed by atoms with Gasteiger partial charge in [0.15, 0.2) is 0 Å². The fraction of sp³-hybridized carbons (Fsp3) is 0.611. The average molecular weight is 365 g/mol. The molecule has 1 amide bonds. The van der Waals surface area contributed by atoms with Crippen LogP contribution in [0.15, 0.2) is 22.7 Å². The summed E-state index contributed by atoms with van der Waals surface area (Å²) in [6, 6.07) is 6.31. The van der Waals surface area contributed by atoms with Crippen molar-refractivity contribution < 1.29 is 4.79 Å². The largest absolute Gasteiger partial charge is 0.338 e. The van der Waals surface area contributed by atoms with Gasteiger partial charge in [-0.1, -0.05) is 35.0 Å². The number of fused-ring (bicyclic) bond motifs is 1. The van der Waals surface area contributed by atoms with Gasteiger partial charge in [0, 0.05) is 24.0 Å². The molecule has 2 aliphatic rings. The third-order valence-corrected chi connectivity index (χ3v) is 5.99. The number of amides is 1. The lowest BCUT2D eigenvalue weighted by Gasteiger charge is -2.32. The maximum absolute atomic E-state index is 12.6. The van der Waals surface area contributed by atoms with Gasteiger partial charge in [-0.3, -0.25) is 4.79 Å². The number of nitrogens with zero attached hydrogens (tertiary/aromatic N) is 1. The van der Waals surface area contributed by atoms with Crippen molar-refractivity contribution >= 4 is 21.8 Å². The minimum Gasteiger partial charge on any atom is -0.338 e. The highest BCUT2D eigenvalue weighted by Crippen LogP contribution is 2.29. The molecule has 0 aliphatic carbocycles. The van der Waals surface area contributed by atoms with Crippen molar-refractivity contribution in [3.05, 3.63) is 33.8 Å². The monoisotopic (exact) mass is 364 g/mol. The molecule has 0 bridgehead atoms. The van der Waals surface area contributed by atoms with Crippen LogP contribution in [0.1, 0.15) is 37.3 Å². The van der Waals surface area contributed by atoms with E-state index in [0.29, 0.717) is 24.2 Å². The number of hydrogen-bond donors (Lipinski definition) is 1. The summed E-state index contributed by atoms with van der Waals surface area (Å²) >= 11 is 3.62. The molecule has 1 saturated heterocycles. The maximum Gasteiger partial charge on any atom is 0.223 e. The van der Waals surface area contributed by atoms with Gasteiger partial charge in [0.25, 0.3) is 0 Å². The van der Waals surface area contributed by atoms with E-state index in [1.807, 2.05) is 4.90 Å². The second-order valence-electron chi connectivity index (χ2n) is 6.71. The molecule has 22 heavy (non-hydrogen) atoms. The molecule has 3 rings (SSSR count). The third kappa shape index (κ3) is 3.54. The zero-order valence-corrected chi connectivity index (χ0v) is 14.9. The van der Waals surface area contributed by atoms with Crippen LogP contribution in [-0.2, 0) is 17.8 Å². The van der Waals surface area contributed by atoms with Gasteiger partial charge in [-0.25, -0.2) is 0 Å². The summed E-state index contributed by atoms with van der Waals surface area (Å²) in [5, 5.41) is 3.40. The van der Waals surface area contributed by atoms with Crippen molar-refractivity contribution in [3.63, 3.8) is 0 Å². The maximum atomic E-state index is 12.6. The van der Waals surface area contributed by atoms with Gasteiger partial charge >= 0.3 is 0 Å². The SMILES string of the molecule is CC(CC(=O)N1CCc2c(Br)cccc2C1)C1CCNCC1. The molecule has 0 spiro atoms. The van der Waals surface area contributed by atoms with Crippen LogP contribution in [0.25, 0.3) is 0 Å². The third-order valence-electron chi connectivity index (χ3n) is 5.25. The first kappa shape index (κ1) is 16.0. The van der Waals surface area contributed by atoms with Crippen LogP contribution in [-0.4, -0.2) is 30.4 Å². The summed E-state index contributed by atoms with van der Waals surface area (Å²) in [6.45, 7) is 6.09. The van der Waals surface area contributed by atoms with E-state index in [1.54, 1.807) is 0 Å². The van der Waals surface area contributed by atoms with E-state index in [4.69, 9.17) is 0 Å². The molecule has 2 aliphatic heterocycles. The number of hydrogen-bond acceptors (Lipinski definition) is 2. The van der Waals surface area contributed by atoms with Crippen molar-refractivity contribution in [1.82, 2.24) is 10.2 Å². The summed E-state index contributed by atoms with van der Waals surface area (Å²) in [7, 11) is 0. The Bertz CT molecular complexity index is 540. The van der Waals surface area contributed by atoms with Crippen LogP contribution < -0.4 is 5.32 Å². The lowest BCUT2D eigenvalue weighted by molar-refractivity contribution is -0.133.